The normalized spacial score (nSPS) is 13.0. The van der Waals surface area contributed by atoms with E-state index < -0.39 is 6.10 Å². The number of hydrogen-bond donors (Lipinski definition) is 0. The van der Waals surface area contributed by atoms with Crippen LogP contribution in [0.5, 0.6) is 0 Å². The minimum absolute atomic E-state index is 0.114. The molecule has 0 aliphatic rings. The third-order valence-corrected chi connectivity index (χ3v) is 11.9. The first-order valence-corrected chi connectivity index (χ1v) is 29.0. The molecule has 0 amide bonds. The SMILES string of the molecule is CC/C=C\C/C=C\C/C=C\C/C=C\C/C=C\C/C=C\CCC(=O)OC[C@H](COC(=O)CCCCCCC/C=C\C/C=C\C/C=C\CC)OC(=O)CCCCCCCCCCC/C=C\CCCCCCCC. The molecule has 0 aromatic heterocycles. The van der Waals surface area contributed by atoms with Gasteiger partial charge < -0.3 is 14.2 Å². The largest absolute Gasteiger partial charge is 0.462 e. The highest BCUT2D eigenvalue weighted by Gasteiger charge is 2.19. The Balaban J connectivity index is 4.52. The fraction of sp³-hybridized carbons (Fsp3) is 0.646. The van der Waals surface area contributed by atoms with Crippen molar-refractivity contribution in [3.8, 4) is 0 Å². The lowest BCUT2D eigenvalue weighted by Crippen LogP contribution is -2.30. The lowest BCUT2D eigenvalue weighted by atomic mass is 10.1. The fourth-order valence-corrected chi connectivity index (χ4v) is 7.65. The van der Waals surface area contributed by atoms with E-state index in [4.69, 9.17) is 14.2 Å². The van der Waals surface area contributed by atoms with E-state index >= 15 is 0 Å². The van der Waals surface area contributed by atoms with Crippen LogP contribution in [0.25, 0.3) is 0 Å². The van der Waals surface area contributed by atoms with Crippen LogP contribution in [0.1, 0.15) is 252 Å². The summed E-state index contributed by atoms with van der Waals surface area (Å²) in [6, 6.07) is 0. The topological polar surface area (TPSA) is 78.9 Å². The van der Waals surface area contributed by atoms with Gasteiger partial charge >= 0.3 is 17.9 Å². The summed E-state index contributed by atoms with van der Waals surface area (Å²) in [5, 5.41) is 0. The second-order valence-corrected chi connectivity index (χ2v) is 18.8. The molecular formula is C65H106O6. The molecule has 0 aliphatic heterocycles. The van der Waals surface area contributed by atoms with Crippen molar-refractivity contribution < 1.29 is 28.6 Å². The number of hydrogen-bond acceptors (Lipinski definition) is 6. The van der Waals surface area contributed by atoms with Crippen molar-refractivity contribution in [2.75, 3.05) is 13.2 Å². The highest BCUT2D eigenvalue weighted by atomic mass is 16.6. The van der Waals surface area contributed by atoms with Gasteiger partial charge in [-0.05, 0) is 116 Å². The van der Waals surface area contributed by atoms with Gasteiger partial charge in [0.25, 0.3) is 0 Å². The molecule has 0 saturated heterocycles. The van der Waals surface area contributed by atoms with Crippen molar-refractivity contribution in [1.82, 2.24) is 0 Å². The number of esters is 3. The van der Waals surface area contributed by atoms with E-state index in [0.29, 0.717) is 19.3 Å². The maximum Gasteiger partial charge on any atom is 0.306 e. The Morgan fingerprint density at radius 1 is 0.296 bits per heavy atom. The summed E-state index contributed by atoms with van der Waals surface area (Å²) in [5.41, 5.74) is 0. The molecule has 0 aromatic rings. The molecule has 0 aromatic carbocycles. The maximum absolute atomic E-state index is 12.9. The molecule has 0 radical (unpaired) electrons. The summed E-state index contributed by atoms with van der Waals surface area (Å²) in [6.07, 6.45) is 80.6. The predicted molar refractivity (Wildman–Crippen MR) is 306 cm³/mol. The third-order valence-electron chi connectivity index (χ3n) is 11.9. The summed E-state index contributed by atoms with van der Waals surface area (Å²) < 4.78 is 16.8. The van der Waals surface area contributed by atoms with Gasteiger partial charge in [-0.15, -0.1) is 0 Å². The van der Waals surface area contributed by atoms with Crippen LogP contribution in [0.2, 0.25) is 0 Å². The molecule has 0 unspecified atom stereocenters. The first-order valence-electron chi connectivity index (χ1n) is 29.0. The van der Waals surface area contributed by atoms with Gasteiger partial charge in [0.05, 0.1) is 0 Å². The van der Waals surface area contributed by atoms with Crippen molar-refractivity contribution in [2.45, 2.75) is 258 Å². The lowest BCUT2D eigenvalue weighted by Gasteiger charge is -2.18. The van der Waals surface area contributed by atoms with Crippen molar-refractivity contribution in [3.63, 3.8) is 0 Å². The molecule has 402 valence electrons. The Hall–Kier alpha value is -4.19. The van der Waals surface area contributed by atoms with Gasteiger partial charge in [0.2, 0.25) is 0 Å². The number of rotatable bonds is 51. The monoisotopic (exact) mass is 983 g/mol. The van der Waals surface area contributed by atoms with E-state index in [1.54, 1.807) is 0 Å². The first kappa shape index (κ1) is 66.8. The van der Waals surface area contributed by atoms with Gasteiger partial charge in [-0.1, -0.05) is 239 Å². The van der Waals surface area contributed by atoms with E-state index in [1.165, 1.54) is 89.9 Å². The highest BCUT2D eigenvalue weighted by molar-refractivity contribution is 5.71. The summed E-state index contributed by atoms with van der Waals surface area (Å²) in [7, 11) is 0. The van der Waals surface area contributed by atoms with E-state index in [2.05, 4.69) is 136 Å². The van der Waals surface area contributed by atoms with Crippen molar-refractivity contribution >= 4 is 17.9 Å². The van der Waals surface area contributed by atoms with Gasteiger partial charge in [-0.3, -0.25) is 14.4 Å². The zero-order valence-electron chi connectivity index (χ0n) is 45.9. The fourth-order valence-electron chi connectivity index (χ4n) is 7.65. The minimum Gasteiger partial charge on any atom is -0.462 e. The molecule has 0 aliphatic carbocycles. The van der Waals surface area contributed by atoms with Crippen LogP contribution in [0.15, 0.2) is 122 Å². The summed E-state index contributed by atoms with van der Waals surface area (Å²) in [5.74, 6) is -1.02. The molecule has 0 heterocycles. The molecule has 1 atom stereocenters. The molecule has 0 spiro atoms. The molecule has 0 bridgehead atoms. The quantitative estimate of drug-likeness (QED) is 0.0261. The Bertz CT molecular complexity index is 1500. The van der Waals surface area contributed by atoms with Crippen LogP contribution in [-0.4, -0.2) is 37.2 Å². The molecular weight excluding hydrogens is 877 g/mol. The van der Waals surface area contributed by atoms with Gasteiger partial charge in [-0.25, -0.2) is 0 Å². The number of allylic oxidation sites excluding steroid dienone is 20. The lowest BCUT2D eigenvalue weighted by molar-refractivity contribution is -0.166. The predicted octanol–water partition coefficient (Wildman–Crippen LogP) is 19.6. The van der Waals surface area contributed by atoms with Crippen LogP contribution in [-0.2, 0) is 28.6 Å². The van der Waals surface area contributed by atoms with Gasteiger partial charge in [0.15, 0.2) is 6.10 Å². The Labute approximate surface area is 437 Å². The smallest absolute Gasteiger partial charge is 0.306 e. The van der Waals surface area contributed by atoms with Gasteiger partial charge in [0, 0.05) is 19.3 Å². The van der Waals surface area contributed by atoms with Crippen molar-refractivity contribution in [2.24, 2.45) is 0 Å². The summed E-state index contributed by atoms with van der Waals surface area (Å²) in [4.78, 5) is 38.2. The molecule has 6 nitrogen and oxygen atoms in total. The van der Waals surface area contributed by atoms with Crippen LogP contribution in [0.4, 0.5) is 0 Å². The summed E-state index contributed by atoms with van der Waals surface area (Å²) >= 11 is 0. The number of carbonyl (C=O) groups excluding carboxylic acids is 3. The molecule has 0 saturated carbocycles. The Morgan fingerprint density at radius 3 is 0.958 bits per heavy atom. The van der Waals surface area contributed by atoms with Gasteiger partial charge in [0.1, 0.15) is 13.2 Å². The van der Waals surface area contributed by atoms with Crippen LogP contribution < -0.4 is 0 Å². The average Bonchev–Trinajstić information content (AvgIpc) is 3.37. The average molecular weight is 984 g/mol. The second-order valence-electron chi connectivity index (χ2n) is 18.8. The number of carbonyl (C=O) groups is 3. The van der Waals surface area contributed by atoms with Crippen molar-refractivity contribution in [3.05, 3.63) is 122 Å². The molecule has 6 heteroatoms. The first-order chi connectivity index (χ1) is 35.0. The number of unbranched alkanes of at least 4 members (excludes halogenated alkanes) is 20. The van der Waals surface area contributed by atoms with E-state index in [-0.39, 0.29) is 37.5 Å². The van der Waals surface area contributed by atoms with Crippen LogP contribution in [0.3, 0.4) is 0 Å². The third kappa shape index (κ3) is 56.6. The van der Waals surface area contributed by atoms with Crippen LogP contribution >= 0.6 is 0 Å². The van der Waals surface area contributed by atoms with Crippen LogP contribution in [0, 0.1) is 0 Å². The molecule has 71 heavy (non-hydrogen) atoms. The molecule has 0 rings (SSSR count). The molecule has 0 N–H and O–H groups in total. The number of ether oxygens (including phenoxy) is 3. The van der Waals surface area contributed by atoms with Crippen molar-refractivity contribution in [1.29, 1.82) is 0 Å². The van der Waals surface area contributed by atoms with Gasteiger partial charge in [-0.2, -0.15) is 0 Å². The summed E-state index contributed by atoms with van der Waals surface area (Å²) in [6.45, 7) is 6.33. The molecule has 0 fully saturated rings. The standard InChI is InChI=1S/C65H106O6/c1-4-7-10-13-16-19-22-25-28-30-32-34-37-40-43-46-49-52-55-58-64(67)70-61-62(60-69-63(66)57-54-51-48-45-42-39-36-27-24-21-18-15-12-9-6-3)71-65(68)59-56-53-50-47-44-41-38-35-33-31-29-26-23-20-17-14-11-8-5-2/h7,9-10,12,16,18-19,21,25-29,32,34,36,40,43,49,52,62H,4-6,8,11,13-15,17,20,22-24,30-31,33,35,37-39,41-42,44-48,50-51,53-61H2,1-3H3/b10-7-,12-9-,19-16-,21-18-,28-25-,29-26-,34-32-,36-27-,43-40-,52-49-/t62-/m0/s1. The Morgan fingerprint density at radius 2 is 0.577 bits per heavy atom. The van der Waals surface area contributed by atoms with E-state index in [0.717, 1.165) is 116 Å². The second kappa shape index (κ2) is 58.4. The van der Waals surface area contributed by atoms with E-state index in [9.17, 15) is 14.4 Å². The maximum atomic E-state index is 12.9. The zero-order chi connectivity index (χ0) is 51.4. The highest BCUT2D eigenvalue weighted by Crippen LogP contribution is 2.14. The van der Waals surface area contributed by atoms with E-state index in [1.807, 2.05) is 6.08 Å². The Kier molecular flexibility index (Phi) is 54.9. The zero-order valence-corrected chi connectivity index (χ0v) is 45.9. The minimum atomic E-state index is -0.821.